The number of hydrogen-bond acceptors (Lipinski definition) is 4. The van der Waals surface area contributed by atoms with E-state index in [-0.39, 0.29) is 5.91 Å². The minimum atomic E-state index is -0.555. The van der Waals surface area contributed by atoms with Crippen LogP contribution in [0.5, 0.6) is 5.75 Å². The molecule has 1 aromatic rings. The monoisotopic (exact) mass is 221 g/mol. The number of nitrogens with one attached hydrogen (secondary N) is 1. The summed E-state index contributed by atoms with van der Waals surface area (Å²) in [6.45, 7) is 1.64. The largest absolute Gasteiger partial charge is 0.479 e. The van der Waals surface area contributed by atoms with E-state index in [1.165, 1.54) is 7.11 Å². The molecule has 1 N–H and O–H groups in total. The van der Waals surface area contributed by atoms with Crippen LogP contribution >= 0.6 is 0 Å². The van der Waals surface area contributed by atoms with E-state index in [0.29, 0.717) is 17.0 Å². The van der Waals surface area contributed by atoms with Gasteiger partial charge in [0, 0.05) is 0 Å². The highest BCUT2D eigenvalue weighted by atomic mass is 16.5. The molecule has 0 aliphatic carbocycles. The van der Waals surface area contributed by atoms with Crippen LogP contribution in [-0.2, 0) is 9.53 Å². The third kappa shape index (κ3) is 1.71. The number of fused-ring (bicyclic) bond motifs is 1. The summed E-state index contributed by atoms with van der Waals surface area (Å²) in [7, 11) is 1.31. The number of carbonyl (C=O) groups is 2. The molecule has 16 heavy (non-hydrogen) atoms. The van der Waals surface area contributed by atoms with Crippen LogP contribution in [0, 0.1) is 0 Å². The van der Waals surface area contributed by atoms with Gasteiger partial charge in [-0.15, -0.1) is 0 Å². The van der Waals surface area contributed by atoms with Crippen molar-refractivity contribution in [1.29, 1.82) is 0 Å². The zero-order chi connectivity index (χ0) is 11.7. The SMILES string of the molecule is COC(=O)c1ccc2c(c1)O[C@@H](C)C(=O)N2. The fraction of sp³-hybridized carbons (Fsp3) is 0.273. The molecule has 1 aliphatic rings. The van der Waals surface area contributed by atoms with Crippen LogP contribution in [0.2, 0.25) is 0 Å². The second kappa shape index (κ2) is 3.84. The van der Waals surface area contributed by atoms with Crippen LogP contribution in [-0.4, -0.2) is 25.1 Å². The van der Waals surface area contributed by atoms with E-state index in [0.717, 1.165) is 0 Å². The average molecular weight is 221 g/mol. The first-order valence-electron chi connectivity index (χ1n) is 4.81. The maximum absolute atomic E-state index is 11.3. The Morgan fingerprint density at radius 3 is 2.94 bits per heavy atom. The standard InChI is InChI=1S/C11H11NO4/c1-6-10(13)12-8-4-3-7(11(14)15-2)5-9(8)16-6/h3-6H,1-2H3,(H,12,13)/t6-/m0/s1. The number of amides is 1. The van der Waals surface area contributed by atoms with Crippen molar-refractivity contribution >= 4 is 17.6 Å². The number of anilines is 1. The fourth-order valence-electron chi connectivity index (χ4n) is 1.45. The van der Waals surface area contributed by atoms with Crippen molar-refractivity contribution in [1.82, 2.24) is 0 Å². The highest BCUT2D eigenvalue weighted by Crippen LogP contribution is 2.30. The van der Waals surface area contributed by atoms with Gasteiger partial charge in [-0.2, -0.15) is 0 Å². The Bertz CT molecular complexity index is 455. The highest BCUT2D eigenvalue weighted by Gasteiger charge is 2.24. The molecule has 0 aromatic heterocycles. The maximum atomic E-state index is 11.3. The van der Waals surface area contributed by atoms with Gasteiger partial charge in [0.05, 0.1) is 18.4 Å². The first-order chi connectivity index (χ1) is 7.61. The summed E-state index contributed by atoms with van der Waals surface area (Å²) in [4.78, 5) is 22.6. The van der Waals surface area contributed by atoms with Crippen LogP contribution in [0.4, 0.5) is 5.69 Å². The molecule has 1 aliphatic heterocycles. The van der Waals surface area contributed by atoms with Gasteiger partial charge in [0.1, 0.15) is 5.75 Å². The molecule has 5 nitrogen and oxygen atoms in total. The smallest absolute Gasteiger partial charge is 0.337 e. The van der Waals surface area contributed by atoms with Crippen LogP contribution in [0.1, 0.15) is 17.3 Å². The summed E-state index contributed by atoms with van der Waals surface area (Å²) in [6.07, 6.45) is -0.555. The number of ether oxygens (including phenoxy) is 2. The molecule has 5 heteroatoms. The lowest BCUT2D eigenvalue weighted by atomic mass is 10.1. The minimum Gasteiger partial charge on any atom is -0.479 e. The third-order valence-corrected chi connectivity index (χ3v) is 2.33. The van der Waals surface area contributed by atoms with E-state index in [9.17, 15) is 9.59 Å². The number of hydrogen-bond donors (Lipinski definition) is 1. The lowest BCUT2D eigenvalue weighted by Crippen LogP contribution is -2.34. The third-order valence-electron chi connectivity index (χ3n) is 2.33. The van der Waals surface area contributed by atoms with Crippen molar-refractivity contribution in [3.63, 3.8) is 0 Å². The highest BCUT2D eigenvalue weighted by molar-refractivity contribution is 5.99. The topological polar surface area (TPSA) is 64.6 Å². The molecular formula is C11H11NO4. The maximum Gasteiger partial charge on any atom is 0.337 e. The number of rotatable bonds is 1. The molecule has 84 valence electrons. The molecule has 0 saturated carbocycles. The van der Waals surface area contributed by atoms with Gasteiger partial charge in [0.2, 0.25) is 0 Å². The lowest BCUT2D eigenvalue weighted by molar-refractivity contribution is -0.122. The normalized spacial score (nSPS) is 18.1. The minimum absolute atomic E-state index is 0.196. The summed E-state index contributed by atoms with van der Waals surface area (Å²) < 4.78 is 9.95. The number of esters is 1. The predicted molar refractivity (Wildman–Crippen MR) is 56.5 cm³/mol. The summed E-state index contributed by atoms with van der Waals surface area (Å²) in [6, 6.07) is 4.74. The Morgan fingerprint density at radius 1 is 1.50 bits per heavy atom. The van der Waals surface area contributed by atoms with Crippen LogP contribution < -0.4 is 10.1 Å². The molecule has 1 heterocycles. The van der Waals surface area contributed by atoms with Gasteiger partial charge in [-0.1, -0.05) is 0 Å². The second-order valence-corrected chi connectivity index (χ2v) is 3.45. The van der Waals surface area contributed by atoms with Crippen LogP contribution in [0.3, 0.4) is 0 Å². The second-order valence-electron chi connectivity index (χ2n) is 3.45. The van der Waals surface area contributed by atoms with E-state index in [2.05, 4.69) is 10.1 Å². The molecule has 0 bridgehead atoms. The Morgan fingerprint density at radius 2 is 2.25 bits per heavy atom. The Hall–Kier alpha value is -2.04. The number of methoxy groups -OCH3 is 1. The van der Waals surface area contributed by atoms with Crippen LogP contribution in [0.15, 0.2) is 18.2 Å². The van der Waals surface area contributed by atoms with Gasteiger partial charge < -0.3 is 14.8 Å². The van der Waals surface area contributed by atoms with Crippen LogP contribution in [0.25, 0.3) is 0 Å². The van der Waals surface area contributed by atoms with Crippen molar-refractivity contribution in [3.05, 3.63) is 23.8 Å². The molecule has 1 atom stereocenters. The Kier molecular flexibility index (Phi) is 2.52. The van der Waals surface area contributed by atoms with Crippen molar-refractivity contribution in [3.8, 4) is 5.75 Å². The van der Waals surface area contributed by atoms with E-state index in [1.807, 2.05) is 0 Å². The summed E-state index contributed by atoms with van der Waals surface area (Å²) in [5.41, 5.74) is 0.959. The summed E-state index contributed by atoms with van der Waals surface area (Å²) in [5, 5.41) is 2.68. The van der Waals surface area contributed by atoms with Crippen molar-refractivity contribution in [2.75, 3.05) is 12.4 Å². The average Bonchev–Trinajstić information content (AvgIpc) is 2.29. The van der Waals surface area contributed by atoms with Gasteiger partial charge >= 0.3 is 5.97 Å². The lowest BCUT2D eigenvalue weighted by Gasteiger charge is -2.23. The van der Waals surface area contributed by atoms with Gasteiger partial charge in [0.25, 0.3) is 5.91 Å². The van der Waals surface area contributed by atoms with E-state index in [1.54, 1.807) is 25.1 Å². The van der Waals surface area contributed by atoms with Crippen molar-refractivity contribution in [2.45, 2.75) is 13.0 Å². The quantitative estimate of drug-likeness (QED) is 0.723. The molecule has 1 amide bonds. The summed E-state index contributed by atoms with van der Waals surface area (Å²) in [5.74, 6) is -0.149. The Balaban J connectivity index is 2.36. The van der Waals surface area contributed by atoms with Gasteiger partial charge in [-0.25, -0.2) is 4.79 Å². The molecule has 0 radical (unpaired) electrons. The number of benzene rings is 1. The first kappa shape index (κ1) is 10.5. The molecule has 1 aromatic carbocycles. The molecule has 0 spiro atoms. The van der Waals surface area contributed by atoms with Gasteiger partial charge in [-0.05, 0) is 25.1 Å². The molecular weight excluding hydrogens is 210 g/mol. The Labute approximate surface area is 92.4 Å². The van der Waals surface area contributed by atoms with E-state index < -0.39 is 12.1 Å². The zero-order valence-electron chi connectivity index (χ0n) is 8.94. The molecule has 0 saturated heterocycles. The fourth-order valence-corrected chi connectivity index (χ4v) is 1.45. The van der Waals surface area contributed by atoms with Crippen molar-refractivity contribution < 1.29 is 19.1 Å². The van der Waals surface area contributed by atoms with Gasteiger partial charge in [0.15, 0.2) is 6.10 Å². The van der Waals surface area contributed by atoms with E-state index >= 15 is 0 Å². The van der Waals surface area contributed by atoms with E-state index in [4.69, 9.17) is 4.74 Å². The first-order valence-corrected chi connectivity index (χ1v) is 4.81. The summed E-state index contributed by atoms with van der Waals surface area (Å²) >= 11 is 0. The molecule has 0 unspecified atom stereocenters. The zero-order valence-corrected chi connectivity index (χ0v) is 8.94. The molecule has 2 rings (SSSR count). The number of carbonyl (C=O) groups excluding carboxylic acids is 2. The predicted octanol–water partition coefficient (Wildman–Crippen LogP) is 1.19. The van der Waals surface area contributed by atoms with Gasteiger partial charge in [-0.3, -0.25) is 4.79 Å². The van der Waals surface area contributed by atoms with Crippen molar-refractivity contribution in [2.24, 2.45) is 0 Å². The molecule has 0 fully saturated rings.